The predicted molar refractivity (Wildman–Crippen MR) is 212 cm³/mol. The van der Waals surface area contributed by atoms with Crippen molar-refractivity contribution in [3.63, 3.8) is 0 Å². The predicted octanol–water partition coefficient (Wildman–Crippen LogP) is 11.1. The number of Topliss-reactive ketones (excluding diaryl/α,β-unsaturated/α-hetero) is 2. The molecule has 0 saturated carbocycles. The van der Waals surface area contributed by atoms with Gasteiger partial charge in [0.25, 0.3) is 0 Å². The van der Waals surface area contributed by atoms with Crippen LogP contribution in [0.1, 0.15) is 144 Å². The van der Waals surface area contributed by atoms with Crippen LogP contribution in [0.25, 0.3) is 0 Å². The maximum atomic E-state index is 11.9. The Hall–Kier alpha value is -4.08. The van der Waals surface area contributed by atoms with Crippen LogP contribution >= 0.6 is 0 Å². The summed E-state index contributed by atoms with van der Waals surface area (Å²) < 4.78 is 21.6. The van der Waals surface area contributed by atoms with Crippen LogP contribution in [0.15, 0.2) is 71.2 Å². The first-order valence-electron chi connectivity index (χ1n) is 19.6. The minimum absolute atomic E-state index is 0. The van der Waals surface area contributed by atoms with E-state index in [9.17, 15) is 29.4 Å². The molecule has 0 aliphatic heterocycles. The number of ketones is 2. The molecular weight excluding hydrogens is 752 g/mol. The van der Waals surface area contributed by atoms with Gasteiger partial charge in [-0.2, -0.15) is 0 Å². The summed E-state index contributed by atoms with van der Waals surface area (Å²) in [6, 6.07) is 13.3. The maximum absolute atomic E-state index is 11.9. The van der Waals surface area contributed by atoms with E-state index in [0.29, 0.717) is 36.2 Å². The van der Waals surface area contributed by atoms with E-state index in [1.165, 1.54) is 118 Å². The Balaban J connectivity index is 0.00000104. The molecule has 2 aromatic rings. The van der Waals surface area contributed by atoms with Crippen molar-refractivity contribution in [2.45, 2.75) is 144 Å². The molecule has 55 heavy (non-hydrogen) atoms. The molecule has 0 amide bonds. The molecule has 0 unspecified atom stereocenters. The molecular formula is C44H64CuO10. The fourth-order valence-electron chi connectivity index (χ4n) is 5.47. The van der Waals surface area contributed by atoms with Crippen molar-refractivity contribution >= 4 is 23.5 Å². The Labute approximate surface area is 339 Å². The Morgan fingerprint density at radius 3 is 0.945 bits per heavy atom. The fourth-order valence-corrected chi connectivity index (χ4v) is 5.47. The topological polar surface area (TPSA) is 146 Å². The summed E-state index contributed by atoms with van der Waals surface area (Å²) in [7, 11) is 0. The van der Waals surface area contributed by atoms with Crippen LogP contribution < -0.4 is 18.9 Å². The van der Waals surface area contributed by atoms with Crippen molar-refractivity contribution in [1.82, 2.24) is 0 Å². The van der Waals surface area contributed by atoms with Crippen LogP contribution in [0.2, 0.25) is 0 Å². The van der Waals surface area contributed by atoms with E-state index < -0.39 is 23.5 Å². The zero-order chi connectivity index (χ0) is 40.1. The van der Waals surface area contributed by atoms with E-state index in [1.54, 1.807) is 48.5 Å². The quantitative estimate of drug-likeness (QED) is 0.0137. The van der Waals surface area contributed by atoms with E-state index in [2.05, 4.69) is 13.8 Å². The second-order valence-electron chi connectivity index (χ2n) is 13.4. The molecule has 11 heteroatoms. The molecule has 0 spiro atoms. The minimum Gasteiger partial charge on any atom is -0.512 e. The summed E-state index contributed by atoms with van der Waals surface area (Å²) in [5.74, 6) is -1.51. The monoisotopic (exact) mass is 815 g/mol. The Morgan fingerprint density at radius 1 is 0.436 bits per heavy atom. The van der Waals surface area contributed by atoms with Gasteiger partial charge in [-0.25, -0.2) is 9.59 Å². The zero-order valence-corrected chi connectivity index (χ0v) is 34.8. The number of carbonyl (C=O) groups excluding carboxylic acids is 4. The average molecular weight is 817 g/mol. The van der Waals surface area contributed by atoms with E-state index in [1.807, 2.05) is 0 Å². The number of carbonyl (C=O) groups is 4. The van der Waals surface area contributed by atoms with Gasteiger partial charge in [-0.15, -0.1) is 0 Å². The van der Waals surface area contributed by atoms with Gasteiger partial charge in [0.1, 0.15) is 45.7 Å². The average Bonchev–Trinajstić information content (AvgIpc) is 3.11. The molecule has 10 nitrogen and oxygen atoms in total. The minimum atomic E-state index is -0.866. The zero-order valence-electron chi connectivity index (χ0n) is 33.8. The van der Waals surface area contributed by atoms with Gasteiger partial charge in [0.15, 0.2) is 11.6 Å². The van der Waals surface area contributed by atoms with Crippen LogP contribution in [0.5, 0.6) is 23.0 Å². The van der Waals surface area contributed by atoms with E-state index >= 15 is 0 Å². The Bertz CT molecular complexity index is 1340. The molecule has 0 heterocycles. The Kier molecular flexibility index (Phi) is 28.8. The van der Waals surface area contributed by atoms with Crippen molar-refractivity contribution in [1.29, 1.82) is 0 Å². The van der Waals surface area contributed by atoms with Crippen molar-refractivity contribution in [3.05, 3.63) is 71.2 Å². The van der Waals surface area contributed by atoms with Gasteiger partial charge in [-0.3, -0.25) is 9.59 Å². The number of ether oxygens (including phenoxy) is 4. The molecule has 0 saturated heterocycles. The first kappa shape index (κ1) is 50.9. The van der Waals surface area contributed by atoms with E-state index in [-0.39, 0.29) is 39.7 Å². The first-order valence-corrected chi connectivity index (χ1v) is 19.6. The fraction of sp³-hybridized carbons (Fsp3) is 0.545. The van der Waals surface area contributed by atoms with Crippen LogP contribution in [0.4, 0.5) is 0 Å². The van der Waals surface area contributed by atoms with E-state index in [4.69, 9.17) is 18.9 Å². The largest absolute Gasteiger partial charge is 0.512 e. The third-order valence-corrected chi connectivity index (χ3v) is 8.44. The molecule has 311 valence electrons. The molecule has 0 aromatic heterocycles. The number of hydrogen-bond donors (Lipinski definition) is 2. The number of benzene rings is 2. The number of allylic oxidation sites excluding steroid dienone is 2. The molecule has 0 bridgehead atoms. The van der Waals surface area contributed by atoms with Gasteiger partial charge in [0.05, 0.1) is 13.2 Å². The van der Waals surface area contributed by atoms with Crippen LogP contribution in [-0.2, 0) is 36.2 Å². The molecule has 2 aromatic carbocycles. The maximum Gasteiger partial charge on any atom is 0.350 e. The van der Waals surface area contributed by atoms with Crippen LogP contribution in [-0.4, -0.2) is 46.9 Å². The molecule has 2 N–H and O–H groups in total. The van der Waals surface area contributed by atoms with Crippen LogP contribution in [0, 0.1) is 0 Å². The van der Waals surface area contributed by atoms with Crippen molar-refractivity contribution in [2.75, 3.05) is 13.2 Å². The van der Waals surface area contributed by atoms with Crippen molar-refractivity contribution in [3.8, 4) is 23.0 Å². The molecule has 0 aliphatic carbocycles. The van der Waals surface area contributed by atoms with E-state index in [0.717, 1.165) is 12.8 Å². The molecule has 0 aliphatic rings. The summed E-state index contributed by atoms with van der Waals surface area (Å²) >= 11 is 0. The van der Waals surface area contributed by atoms with Crippen molar-refractivity contribution in [2.24, 2.45) is 0 Å². The van der Waals surface area contributed by atoms with Gasteiger partial charge in [-0.05, 0) is 89.1 Å². The summed E-state index contributed by atoms with van der Waals surface area (Å²) in [5, 5.41) is 18.9. The smallest absolute Gasteiger partial charge is 0.350 e. The molecule has 2 rings (SSSR count). The van der Waals surface area contributed by atoms with Gasteiger partial charge in [0.2, 0.25) is 0 Å². The second-order valence-corrected chi connectivity index (χ2v) is 13.4. The summed E-state index contributed by atoms with van der Waals surface area (Å²) in [4.78, 5) is 46.7. The third kappa shape index (κ3) is 23.4. The SMILES string of the molecule is CCCCCCCCCCOc1ccc(OC(=O)/C(C(C)=O)=C(\C)O)cc1.CCCCCCCCCCOc1ccc(OC(=O)/C(C(C)=O)=C(\C)O)cc1.[Cu]. The number of unbranched alkanes of at least 4 members (excludes halogenated alkanes) is 14. The number of aliphatic hydroxyl groups is 2. The summed E-state index contributed by atoms with van der Waals surface area (Å²) in [6.45, 7) is 10.7. The number of rotatable bonds is 26. The summed E-state index contributed by atoms with van der Waals surface area (Å²) in [5.41, 5.74) is -0.685. The standard InChI is InChI=1S/2C22H32O5.Cu/c2*1-4-5-6-7-8-9-10-11-16-26-19-12-14-20(15-13-19)27-22(25)21(17(2)23)18(3)24;/h2*12-15,23H,4-11,16H2,1-3H3;/b2*21-17+;. The Morgan fingerprint density at radius 2 is 0.691 bits per heavy atom. The van der Waals surface area contributed by atoms with Gasteiger partial charge in [-0.1, -0.05) is 104 Å². The number of esters is 2. The number of hydrogen-bond acceptors (Lipinski definition) is 10. The molecule has 0 atom stereocenters. The van der Waals surface area contributed by atoms with Gasteiger partial charge in [0, 0.05) is 17.1 Å². The second kappa shape index (κ2) is 31.2. The van der Waals surface area contributed by atoms with Crippen molar-refractivity contribution < 1.29 is 65.4 Å². The molecule has 1 radical (unpaired) electrons. The normalized spacial score (nSPS) is 11.5. The molecule has 0 fully saturated rings. The van der Waals surface area contributed by atoms with Gasteiger partial charge >= 0.3 is 11.9 Å². The summed E-state index contributed by atoms with van der Waals surface area (Å²) in [6.07, 6.45) is 20.0. The number of aliphatic hydroxyl groups excluding tert-OH is 2. The van der Waals surface area contributed by atoms with Crippen LogP contribution in [0.3, 0.4) is 0 Å². The van der Waals surface area contributed by atoms with Gasteiger partial charge < -0.3 is 29.2 Å². The third-order valence-electron chi connectivity index (χ3n) is 8.44. The first-order chi connectivity index (χ1) is 25.9.